The van der Waals surface area contributed by atoms with E-state index in [1.807, 2.05) is 31.0 Å². The molecule has 1 atom stereocenters. The Labute approximate surface area is 85.3 Å². The summed E-state index contributed by atoms with van der Waals surface area (Å²) < 4.78 is 7.49. The molecular formula is C10H19N3O. The topological polar surface area (TPSA) is 39.1 Å². The standard InChI is InChI=1S/C10H19N3O/c1-9(8-11-2)14-7-5-10-4-6-12-13(10)3/h4,6,9,11H,5,7-8H2,1-3H3. The molecule has 0 saturated carbocycles. The quantitative estimate of drug-likeness (QED) is 0.725. The van der Waals surface area contributed by atoms with Gasteiger partial charge in [0.15, 0.2) is 0 Å². The first-order valence-electron chi connectivity index (χ1n) is 4.97. The van der Waals surface area contributed by atoms with Crippen molar-refractivity contribution in [3.8, 4) is 0 Å². The van der Waals surface area contributed by atoms with Crippen molar-refractivity contribution in [1.29, 1.82) is 0 Å². The third-order valence-electron chi connectivity index (χ3n) is 2.17. The second kappa shape index (κ2) is 5.78. The Hall–Kier alpha value is -0.870. The summed E-state index contributed by atoms with van der Waals surface area (Å²) in [6.07, 6.45) is 3.00. The molecule has 1 rings (SSSR count). The molecule has 80 valence electrons. The lowest BCUT2D eigenvalue weighted by Gasteiger charge is -2.12. The summed E-state index contributed by atoms with van der Waals surface area (Å²) in [5, 5.41) is 7.18. The van der Waals surface area contributed by atoms with E-state index in [2.05, 4.69) is 17.3 Å². The second-order valence-corrected chi connectivity index (χ2v) is 3.44. The normalized spacial score (nSPS) is 13.1. The van der Waals surface area contributed by atoms with Crippen molar-refractivity contribution in [2.75, 3.05) is 20.2 Å². The van der Waals surface area contributed by atoms with Crippen LogP contribution in [0.25, 0.3) is 0 Å². The minimum absolute atomic E-state index is 0.272. The number of hydrogen-bond acceptors (Lipinski definition) is 3. The van der Waals surface area contributed by atoms with Gasteiger partial charge in [-0.1, -0.05) is 0 Å². The molecule has 0 amide bonds. The minimum Gasteiger partial charge on any atom is -0.377 e. The number of hydrogen-bond donors (Lipinski definition) is 1. The highest BCUT2D eigenvalue weighted by Crippen LogP contribution is 1.99. The van der Waals surface area contributed by atoms with Crippen LogP contribution in [0.2, 0.25) is 0 Å². The summed E-state index contributed by atoms with van der Waals surface area (Å²) in [4.78, 5) is 0. The van der Waals surface area contributed by atoms with E-state index >= 15 is 0 Å². The fraction of sp³-hybridized carbons (Fsp3) is 0.700. The zero-order valence-corrected chi connectivity index (χ0v) is 9.16. The number of likely N-dealkylation sites (N-methyl/N-ethyl adjacent to an activating group) is 1. The van der Waals surface area contributed by atoms with Crippen molar-refractivity contribution in [2.45, 2.75) is 19.4 Å². The molecular weight excluding hydrogens is 178 g/mol. The van der Waals surface area contributed by atoms with Crippen LogP contribution in [0.5, 0.6) is 0 Å². The van der Waals surface area contributed by atoms with Crippen LogP contribution < -0.4 is 5.32 Å². The molecule has 0 spiro atoms. The lowest BCUT2D eigenvalue weighted by Crippen LogP contribution is -2.24. The van der Waals surface area contributed by atoms with E-state index in [0.29, 0.717) is 0 Å². The molecule has 0 aliphatic carbocycles. The van der Waals surface area contributed by atoms with Gasteiger partial charge < -0.3 is 10.1 Å². The first-order chi connectivity index (χ1) is 6.74. The summed E-state index contributed by atoms with van der Waals surface area (Å²) in [6, 6.07) is 2.02. The van der Waals surface area contributed by atoms with E-state index in [4.69, 9.17) is 4.74 Å². The zero-order valence-electron chi connectivity index (χ0n) is 9.16. The third kappa shape index (κ3) is 3.47. The Balaban J connectivity index is 2.19. The van der Waals surface area contributed by atoms with Gasteiger partial charge in [0.05, 0.1) is 12.7 Å². The third-order valence-corrected chi connectivity index (χ3v) is 2.17. The Bertz CT molecular complexity index is 260. The van der Waals surface area contributed by atoms with Crippen molar-refractivity contribution >= 4 is 0 Å². The molecule has 0 aromatic carbocycles. The monoisotopic (exact) mass is 197 g/mol. The van der Waals surface area contributed by atoms with Crippen LogP contribution in [-0.2, 0) is 18.2 Å². The van der Waals surface area contributed by atoms with E-state index < -0.39 is 0 Å². The molecule has 4 nitrogen and oxygen atoms in total. The van der Waals surface area contributed by atoms with Crippen LogP contribution >= 0.6 is 0 Å². The molecule has 14 heavy (non-hydrogen) atoms. The minimum atomic E-state index is 0.272. The first kappa shape index (κ1) is 11.2. The van der Waals surface area contributed by atoms with E-state index in [1.165, 1.54) is 5.69 Å². The molecule has 0 aliphatic heterocycles. The van der Waals surface area contributed by atoms with Gasteiger partial charge in [-0.15, -0.1) is 0 Å². The van der Waals surface area contributed by atoms with E-state index in [-0.39, 0.29) is 6.10 Å². The highest BCUT2D eigenvalue weighted by molar-refractivity contribution is 4.99. The Morgan fingerprint density at radius 3 is 3.00 bits per heavy atom. The number of nitrogens with zero attached hydrogens (tertiary/aromatic N) is 2. The van der Waals surface area contributed by atoms with Gasteiger partial charge in [0.25, 0.3) is 0 Å². The van der Waals surface area contributed by atoms with Gasteiger partial charge in [-0.05, 0) is 20.0 Å². The highest BCUT2D eigenvalue weighted by atomic mass is 16.5. The highest BCUT2D eigenvalue weighted by Gasteiger charge is 2.02. The number of nitrogens with one attached hydrogen (secondary N) is 1. The van der Waals surface area contributed by atoms with Gasteiger partial charge in [0, 0.05) is 31.9 Å². The predicted octanol–water partition coefficient (Wildman–Crippen LogP) is 0.587. The Morgan fingerprint density at radius 1 is 1.64 bits per heavy atom. The maximum Gasteiger partial charge on any atom is 0.0671 e. The van der Waals surface area contributed by atoms with Crippen LogP contribution in [-0.4, -0.2) is 36.1 Å². The summed E-state index contributed by atoms with van der Waals surface area (Å²) >= 11 is 0. The molecule has 0 saturated heterocycles. The van der Waals surface area contributed by atoms with Gasteiger partial charge in [-0.3, -0.25) is 4.68 Å². The summed E-state index contributed by atoms with van der Waals surface area (Å²) in [5.74, 6) is 0. The number of rotatable bonds is 6. The Morgan fingerprint density at radius 2 is 2.43 bits per heavy atom. The van der Waals surface area contributed by atoms with Gasteiger partial charge >= 0.3 is 0 Å². The molecule has 0 radical (unpaired) electrons. The van der Waals surface area contributed by atoms with Crippen molar-refractivity contribution in [1.82, 2.24) is 15.1 Å². The lowest BCUT2D eigenvalue weighted by molar-refractivity contribution is 0.0688. The van der Waals surface area contributed by atoms with E-state index in [9.17, 15) is 0 Å². The second-order valence-electron chi connectivity index (χ2n) is 3.44. The average Bonchev–Trinajstić information content (AvgIpc) is 2.52. The molecule has 0 fully saturated rings. The maximum atomic E-state index is 5.61. The van der Waals surface area contributed by atoms with Crippen molar-refractivity contribution in [3.05, 3.63) is 18.0 Å². The average molecular weight is 197 g/mol. The molecule has 0 aliphatic rings. The summed E-state index contributed by atoms with van der Waals surface area (Å²) in [6.45, 7) is 3.72. The van der Waals surface area contributed by atoms with E-state index in [1.54, 1.807) is 0 Å². The molecule has 1 aromatic heterocycles. The Kier molecular flexibility index (Phi) is 4.62. The molecule has 1 N–H and O–H groups in total. The van der Waals surface area contributed by atoms with Gasteiger partial charge in [0.2, 0.25) is 0 Å². The molecule has 0 bridgehead atoms. The first-order valence-corrected chi connectivity index (χ1v) is 4.97. The molecule has 1 heterocycles. The van der Waals surface area contributed by atoms with Gasteiger partial charge in [-0.25, -0.2) is 0 Å². The van der Waals surface area contributed by atoms with E-state index in [0.717, 1.165) is 19.6 Å². The lowest BCUT2D eigenvalue weighted by atomic mass is 10.3. The van der Waals surface area contributed by atoms with Crippen molar-refractivity contribution in [2.24, 2.45) is 7.05 Å². The predicted molar refractivity (Wildman–Crippen MR) is 56.3 cm³/mol. The molecule has 1 unspecified atom stereocenters. The van der Waals surface area contributed by atoms with Crippen LogP contribution in [0.1, 0.15) is 12.6 Å². The molecule has 4 heteroatoms. The molecule has 1 aromatic rings. The summed E-state index contributed by atoms with van der Waals surface area (Å²) in [5.41, 5.74) is 1.21. The van der Waals surface area contributed by atoms with Crippen LogP contribution in [0.4, 0.5) is 0 Å². The van der Waals surface area contributed by atoms with Gasteiger partial charge in [0.1, 0.15) is 0 Å². The van der Waals surface area contributed by atoms with Crippen molar-refractivity contribution in [3.63, 3.8) is 0 Å². The fourth-order valence-electron chi connectivity index (χ4n) is 1.36. The summed E-state index contributed by atoms with van der Waals surface area (Å²) in [7, 11) is 3.88. The number of aromatic nitrogens is 2. The van der Waals surface area contributed by atoms with Crippen molar-refractivity contribution < 1.29 is 4.74 Å². The van der Waals surface area contributed by atoms with Crippen LogP contribution in [0.15, 0.2) is 12.3 Å². The maximum absolute atomic E-state index is 5.61. The number of ether oxygens (including phenoxy) is 1. The zero-order chi connectivity index (χ0) is 10.4. The van der Waals surface area contributed by atoms with Crippen LogP contribution in [0.3, 0.4) is 0 Å². The largest absolute Gasteiger partial charge is 0.377 e. The SMILES string of the molecule is CNCC(C)OCCc1ccnn1C. The van der Waals surface area contributed by atoms with Crippen LogP contribution in [0, 0.1) is 0 Å². The van der Waals surface area contributed by atoms with Gasteiger partial charge in [-0.2, -0.15) is 5.10 Å². The smallest absolute Gasteiger partial charge is 0.0671 e. The number of aryl methyl sites for hydroxylation is 1. The fourth-order valence-corrected chi connectivity index (χ4v) is 1.36.